The number of carbonyl (C=O) groups excluding carboxylic acids is 1. The lowest BCUT2D eigenvalue weighted by molar-refractivity contribution is 0.102. The van der Waals surface area contributed by atoms with Crippen molar-refractivity contribution in [3.8, 4) is 6.07 Å². The quantitative estimate of drug-likeness (QED) is 0.518. The van der Waals surface area contributed by atoms with Gasteiger partial charge in [0.25, 0.3) is 5.91 Å². The number of anilines is 1. The van der Waals surface area contributed by atoms with Crippen LogP contribution in [0.4, 0.5) is 5.13 Å². The van der Waals surface area contributed by atoms with Crippen LogP contribution >= 0.6 is 23.1 Å². The van der Waals surface area contributed by atoms with Gasteiger partial charge in [-0.1, -0.05) is 52.9 Å². The van der Waals surface area contributed by atoms with Crippen molar-refractivity contribution >= 4 is 34.1 Å². The molecule has 1 N–H and O–H groups in total. The molecule has 0 saturated heterocycles. The van der Waals surface area contributed by atoms with E-state index in [1.165, 1.54) is 11.3 Å². The number of nitrogens with zero attached hydrogens (tertiary/aromatic N) is 3. The van der Waals surface area contributed by atoms with Gasteiger partial charge >= 0.3 is 0 Å². The molecule has 0 spiro atoms. The molecule has 0 aliphatic rings. The summed E-state index contributed by atoms with van der Waals surface area (Å²) >= 11 is 2.90. The summed E-state index contributed by atoms with van der Waals surface area (Å²) < 4.78 is 0.783. The van der Waals surface area contributed by atoms with Gasteiger partial charge in [0, 0.05) is 11.3 Å². The molecule has 5 nitrogen and oxygen atoms in total. The van der Waals surface area contributed by atoms with Gasteiger partial charge in [0.05, 0.1) is 11.6 Å². The van der Waals surface area contributed by atoms with Crippen LogP contribution in [0, 0.1) is 25.2 Å². The SMILES string of the molecule is Cc1ccc(C)c(C(=O)Nc2nnc(SCc3ccc(C#N)cc3)s2)c1. The summed E-state index contributed by atoms with van der Waals surface area (Å²) in [5.41, 5.74) is 4.35. The normalized spacial score (nSPS) is 10.3. The standard InChI is InChI=1S/C19H16N4OS2/c1-12-3-4-13(2)16(9-12)17(24)21-18-22-23-19(26-18)25-11-15-7-5-14(10-20)6-8-15/h3-9H,11H2,1-2H3,(H,21,22,24). The number of rotatable bonds is 5. The zero-order valence-corrected chi connectivity index (χ0v) is 15.9. The molecule has 0 unspecified atom stereocenters. The number of nitrogens with one attached hydrogen (secondary N) is 1. The summed E-state index contributed by atoms with van der Waals surface area (Å²) in [5, 5.41) is 20.3. The zero-order valence-electron chi connectivity index (χ0n) is 14.3. The van der Waals surface area contributed by atoms with Crippen molar-refractivity contribution in [1.29, 1.82) is 5.26 Å². The van der Waals surface area contributed by atoms with Gasteiger partial charge in [-0.15, -0.1) is 10.2 Å². The molecule has 2 aromatic carbocycles. The summed E-state index contributed by atoms with van der Waals surface area (Å²) in [5.74, 6) is 0.552. The van der Waals surface area contributed by atoms with Crippen molar-refractivity contribution < 1.29 is 4.79 Å². The number of nitriles is 1. The molecule has 7 heteroatoms. The van der Waals surface area contributed by atoms with Gasteiger partial charge in [0.2, 0.25) is 5.13 Å². The minimum absolute atomic E-state index is 0.175. The Morgan fingerprint density at radius 1 is 1.19 bits per heavy atom. The van der Waals surface area contributed by atoms with Crippen LogP contribution in [-0.4, -0.2) is 16.1 Å². The van der Waals surface area contributed by atoms with Gasteiger partial charge in [0.1, 0.15) is 0 Å². The van der Waals surface area contributed by atoms with Crippen LogP contribution in [0.1, 0.15) is 32.6 Å². The molecule has 1 amide bonds. The molecule has 0 saturated carbocycles. The Hall–Kier alpha value is -2.69. The number of aryl methyl sites for hydroxylation is 2. The highest BCUT2D eigenvalue weighted by molar-refractivity contribution is 8.00. The topological polar surface area (TPSA) is 78.7 Å². The second-order valence-electron chi connectivity index (χ2n) is 5.74. The van der Waals surface area contributed by atoms with Crippen LogP contribution in [0.2, 0.25) is 0 Å². The van der Waals surface area contributed by atoms with E-state index in [4.69, 9.17) is 5.26 Å². The molecule has 0 radical (unpaired) electrons. The molecule has 0 fully saturated rings. The number of hydrogen-bond donors (Lipinski definition) is 1. The Balaban J connectivity index is 1.61. The molecule has 0 aliphatic carbocycles. The first-order valence-corrected chi connectivity index (χ1v) is 9.69. The fourth-order valence-electron chi connectivity index (χ4n) is 2.28. The van der Waals surface area contributed by atoms with Gasteiger partial charge in [-0.05, 0) is 43.2 Å². The second kappa shape index (κ2) is 8.13. The number of aromatic nitrogens is 2. The third kappa shape index (κ3) is 4.48. The molecule has 26 heavy (non-hydrogen) atoms. The predicted molar refractivity (Wildman–Crippen MR) is 104 cm³/mol. The lowest BCUT2D eigenvalue weighted by Crippen LogP contribution is -2.13. The van der Waals surface area contributed by atoms with E-state index in [2.05, 4.69) is 21.6 Å². The van der Waals surface area contributed by atoms with Gasteiger partial charge in [-0.3, -0.25) is 10.1 Å². The van der Waals surface area contributed by atoms with Crippen molar-refractivity contribution in [3.63, 3.8) is 0 Å². The van der Waals surface area contributed by atoms with Gasteiger partial charge in [-0.2, -0.15) is 5.26 Å². The Kier molecular flexibility index (Phi) is 5.66. The first kappa shape index (κ1) is 18.1. The number of amides is 1. The average Bonchev–Trinajstić information content (AvgIpc) is 3.09. The molecule has 130 valence electrons. The third-order valence-electron chi connectivity index (χ3n) is 3.71. The molecular formula is C19H16N4OS2. The maximum atomic E-state index is 12.4. The third-order valence-corrected chi connectivity index (χ3v) is 5.75. The molecule has 0 aliphatic heterocycles. The molecule has 0 bridgehead atoms. The number of thioether (sulfide) groups is 1. The Bertz CT molecular complexity index is 974. The van der Waals surface area contributed by atoms with Crippen molar-refractivity contribution in [2.45, 2.75) is 23.9 Å². The zero-order chi connectivity index (χ0) is 18.5. The fourth-order valence-corrected chi connectivity index (χ4v) is 3.99. The molecule has 1 aromatic heterocycles. The van der Waals surface area contributed by atoms with Crippen molar-refractivity contribution in [2.75, 3.05) is 5.32 Å². The average molecular weight is 380 g/mol. The predicted octanol–water partition coefficient (Wildman–Crippen LogP) is 4.57. The first-order chi connectivity index (χ1) is 12.5. The van der Waals surface area contributed by atoms with Crippen LogP contribution < -0.4 is 5.32 Å². The van der Waals surface area contributed by atoms with E-state index in [1.54, 1.807) is 23.9 Å². The first-order valence-electron chi connectivity index (χ1n) is 7.89. The lowest BCUT2D eigenvalue weighted by Gasteiger charge is -2.05. The highest BCUT2D eigenvalue weighted by atomic mass is 32.2. The van der Waals surface area contributed by atoms with E-state index >= 15 is 0 Å². The molecule has 3 aromatic rings. The minimum Gasteiger partial charge on any atom is -0.296 e. The number of hydrogen-bond acceptors (Lipinski definition) is 6. The molecule has 1 heterocycles. The maximum absolute atomic E-state index is 12.4. The van der Waals surface area contributed by atoms with Crippen LogP contribution in [0.5, 0.6) is 0 Å². The highest BCUT2D eigenvalue weighted by Crippen LogP contribution is 2.28. The lowest BCUT2D eigenvalue weighted by atomic mass is 10.1. The molecular weight excluding hydrogens is 364 g/mol. The smallest absolute Gasteiger partial charge is 0.257 e. The summed E-state index contributed by atoms with van der Waals surface area (Å²) in [6, 6.07) is 15.3. The van der Waals surface area contributed by atoms with E-state index < -0.39 is 0 Å². The maximum Gasteiger partial charge on any atom is 0.257 e. The Morgan fingerprint density at radius 3 is 2.69 bits per heavy atom. The van der Waals surface area contributed by atoms with Crippen LogP contribution in [0.25, 0.3) is 0 Å². The van der Waals surface area contributed by atoms with Gasteiger partial charge in [0.15, 0.2) is 4.34 Å². The van der Waals surface area contributed by atoms with Crippen LogP contribution in [0.3, 0.4) is 0 Å². The molecule has 0 atom stereocenters. The summed E-state index contributed by atoms with van der Waals surface area (Å²) in [6.07, 6.45) is 0. The van der Waals surface area contributed by atoms with E-state index in [0.29, 0.717) is 16.3 Å². The fraction of sp³-hybridized carbons (Fsp3) is 0.158. The van der Waals surface area contributed by atoms with Crippen molar-refractivity contribution in [1.82, 2.24) is 10.2 Å². The monoisotopic (exact) mass is 380 g/mol. The number of benzene rings is 2. The van der Waals surface area contributed by atoms with Gasteiger partial charge in [-0.25, -0.2) is 0 Å². The largest absolute Gasteiger partial charge is 0.296 e. The summed E-state index contributed by atoms with van der Waals surface area (Å²) in [4.78, 5) is 12.4. The van der Waals surface area contributed by atoms with E-state index in [0.717, 1.165) is 26.8 Å². The van der Waals surface area contributed by atoms with E-state index in [-0.39, 0.29) is 5.91 Å². The minimum atomic E-state index is -0.175. The van der Waals surface area contributed by atoms with Crippen LogP contribution in [0.15, 0.2) is 46.8 Å². The Morgan fingerprint density at radius 2 is 1.96 bits per heavy atom. The molecule has 3 rings (SSSR count). The van der Waals surface area contributed by atoms with Crippen molar-refractivity contribution in [3.05, 3.63) is 70.3 Å². The van der Waals surface area contributed by atoms with Crippen molar-refractivity contribution in [2.24, 2.45) is 0 Å². The van der Waals surface area contributed by atoms with Crippen LogP contribution in [-0.2, 0) is 5.75 Å². The highest BCUT2D eigenvalue weighted by Gasteiger charge is 2.13. The summed E-state index contributed by atoms with van der Waals surface area (Å²) in [6.45, 7) is 3.87. The summed E-state index contributed by atoms with van der Waals surface area (Å²) in [7, 11) is 0. The van der Waals surface area contributed by atoms with E-state index in [9.17, 15) is 4.79 Å². The second-order valence-corrected chi connectivity index (χ2v) is 7.94. The number of carbonyl (C=O) groups is 1. The van der Waals surface area contributed by atoms with E-state index in [1.807, 2.05) is 44.2 Å². The Labute approximate surface area is 160 Å². The van der Waals surface area contributed by atoms with Gasteiger partial charge < -0.3 is 0 Å².